The first kappa shape index (κ1) is 16.9. The number of aromatic hydroxyl groups is 1. The first-order valence-corrected chi connectivity index (χ1v) is 8.46. The van der Waals surface area contributed by atoms with Gasteiger partial charge in [0.1, 0.15) is 5.82 Å². The lowest BCUT2D eigenvalue weighted by Gasteiger charge is -2.17. The number of aromatic amines is 1. The molecule has 0 amide bonds. The highest BCUT2D eigenvalue weighted by Gasteiger charge is 2.21. The summed E-state index contributed by atoms with van der Waals surface area (Å²) in [7, 11) is 0. The van der Waals surface area contributed by atoms with Gasteiger partial charge in [-0.3, -0.25) is 4.79 Å². The Labute approximate surface area is 154 Å². The second-order valence-corrected chi connectivity index (χ2v) is 7.30. The molecule has 0 atom stereocenters. The minimum atomic E-state index is -0.379. The van der Waals surface area contributed by atoms with Gasteiger partial charge in [-0.25, -0.2) is 0 Å². The Balaban J connectivity index is 2.21. The highest BCUT2D eigenvalue weighted by molar-refractivity contribution is 6.29. The van der Waals surface area contributed by atoms with Crippen molar-refractivity contribution in [3.8, 4) is 5.88 Å². The summed E-state index contributed by atoms with van der Waals surface area (Å²) in [4.78, 5) is 20.4. The number of nitrogens with one attached hydrogen (secondary N) is 1. The van der Waals surface area contributed by atoms with E-state index in [0.717, 1.165) is 15.6 Å². The van der Waals surface area contributed by atoms with E-state index in [1.54, 1.807) is 6.08 Å². The molecule has 8 heteroatoms. The molecule has 0 bridgehead atoms. The summed E-state index contributed by atoms with van der Waals surface area (Å²) in [5, 5.41) is 22.1. The lowest BCUT2D eigenvalue weighted by molar-refractivity contribution is -0.109. The largest absolute Gasteiger partial charge is 0.493 e. The monoisotopic (exact) mass is 362 g/mol. The lowest BCUT2D eigenvalue weighted by atomic mass is 9.91. The van der Waals surface area contributed by atoms with Crippen LogP contribution in [-0.4, -0.2) is 40.9 Å². The van der Waals surface area contributed by atoms with Crippen molar-refractivity contribution in [1.82, 2.24) is 30.0 Å². The van der Waals surface area contributed by atoms with Gasteiger partial charge in [-0.05, 0) is 27.6 Å². The molecule has 4 rings (SSSR count). The molecule has 1 aromatic carbocycles. The van der Waals surface area contributed by atoms with Crippen molar-refractivity contribution in [1.29, 1.82) is 0 Å². The van der Waals surface area contributed by atoms with Gasteiger partial charge in [0.05, 0.1) is 10.9 Å². The smallest absolute Gasteiger partial charge is 0.278 e. The van der Waals surface area contributed by atoms with Crippen molar-refractivity contribution in [2.75, 3.05) is 0 Å². The summed E-state index contributed by atoms with van der Waals surface area (Å²) < 4.78 is 1.13. The van der Waals surface area contributed by atoms with Crippen LogP contribution < -0.4 is 5.35 Å². The zero-order chi connectivity index (χ0) is 19.2. The third kappa shape index (κ3) is 2.95. The number of allylic oxidation sites excluding steroid dienone is 1. The van der Waals surface area contributed by atoms with E-state index in [2.05, 4.69) is 25.5 Å². The van der Waals surface area contributed by atoms with Gasteiger partial charge in [0, 0.05) is 11.5 Å². The van der Waals surface area contributed by atoms with Crippen LogP contribution in [0.5, 0.6) is 5.88 Å². The van der Waals surface area contributed by atoms with Crippen molar-refractivity contribution in [2.45, 2.75) is 26.2 Å². The standard InChI is InChI=1S/C19H18N6O2/c1-19(2,3)17-20-13(10-15(27)25-18(21-17)22-23-24-25)16-12-7-5-4-6-11(12)8-9-14(16)26/h4-10,27H,1-3H3,(H,20,21,22,24)/b15-10?,16-13-. The number of rotatable bonds is 0. The fourth-order valence-corrected chi connectivity index (χ4v) is 2.90. The zero-order valence-electron chi connectivity index (χ0n) is 15.1. The Morgan fingerprint density at radius 3 is 2.70 bits per heavy atom. The summed E-state index contributed by atoms with van der Waals surface area (Å²) in [6.07, 6.45) is 3.30. The van der Waals surface area contributed by atoms with Crippen molar-refractivity contribution in [3.05, 3.63) is 58.7 Å². The predicted octanol–water partition coefficient (Wildman–Crippen LogP) is 1.49. The van der Waals surface area contributed by atoms with E-state index >= 15 is 0 Å². The third-order valence-corrected chi connectivity index (χ3v) is 4.28. The highest BCUT2D eigenvalue weighted by Crippen LogP contribution is 2.24. The summed E-state index contributed by atoms with van der Waals surface area (Å²) in [6.45, 7) is 5.95. The molecule has 0 unspecified atom stereocenters. The molecular weight excluding hydrogens is 344 g/mol. The van der Waals surface area contributed by atoms with Crippen LogP contribution >= 0.6 is 0 Å². The van der Waals surface area contributed by atoms with Gasteiger partial charge in [-0.1, -0.05) is 56.2 Å². The van der Waals surface area contributed by atoms with Crippen LogP contribution in [0.1, 0.15) is 37.7 Å². The van der Waals surface area contributed by atoms with Crippen LogP contribution in [0.2, 0.25) is 0 Å². The van der Waals surface area contributed by atoms with Gasteiger partial charge in [-0.2, -0.15) is 4.98 Å². The molecule has 27 heavy (non-hydrogen) atoms. The lowest BCUT2D eigenvalue weighted by Crippen LogP contribution is -2.25. The molecule has 1 aliphatic carbocycles. The fourth-order valence-electron chi connectivity index (χ4n) is 2.90. The molecule has 0 saturated heterocycles. The average molecular weight is 362 g/mol. The van der Waals surface area contributed by atoms with E-state index in [1.807, 2.05) is 45.0 Å². The maximum Gasteiger partial charge on any atom is 0.278 e. The summed E-state index contributed by atoms with van der Waals surface area (Å²) in [5.41, 5.74) is 1.78. The Bertz CT molecular complexity index is 1190. The molecule has 0 spiro atoms. The van der Waals surface area contributed by atoms with Crippen LogP contribution in [-0.2, 0) is 10.2 Å². The average Bonchev–Trinajstić information content (AvgIpc) is 3.06. The number of benzene rings is 1. The second kappa shape index (κ2) is 6.01. The number of ketones is 1. The Morgan fingerprint density at radius 2 is 1.93 bits per heavy atom. The number of carbonyl (C=O) groups excluding carboxylic acids is 1. The predicted molar refractivity (Wildman–Crippen MR) is 99.1 cm³/mol. The molecule has 0 saturated carbocycles. The Morgan fingerprint density at radius 1 is 1.15 bits per heavy atom. The minimum absolute atomic E-state index is 0.153. The van der Waals surface area contributed by atoms with Crippen LogP contribution in [0.25, 0.3) is 17.4 Å². The number of carbonyl (C=O) groups is 1. The van der Waals surface area contributed by atoms with E-state index in [-0.39, 0.29) is 22.9 Å². The maximum atomic E-state index is 12.7. The molecule has 1 aliphatic rings. The number of fused-ring (bicyclic) bond motifs is 2. The molecule has 8 nitrogen and oxygen atoms in total. The normalized spacial score (nSPS) is 15.7. The first-order chi connectivity index (χ1) is 12.8. The van der Waals surface area contributed by atoms with Gasteiger partial charge in [0.25, 0.3) is 5.78 Å². The van der Waals surface area contributed by atoms with Crippen molar-refractivity contribution >= 4 is 23.2 Å². The summed E-state index contributed by atoms with van der Waals surface area (Å²) in [5.74, 6) is 0.331. The maximum absolute atomic E-state index is 12.7. The first-order valence-electron chi connectivity index (χ1n) is 8.46. The molecule has 0 aliphatic heterocycles. The number of tetrazole rings is 1. The van der Waals surface area contributed by atoms with Gasteiger partial charge < -0.3 is 10.1 Å². The number of hydrogen-bond acceptors (Lipinski definition) is 6. The van der Waals surface area contributed by atoms with Crippen molar-refractivity contribution < 1.29 is 9.90 Å². The fraction of sp³-hybridized carbons (Fsp3) is 0.211. The van der Waals surface area contributed by atoms with Crippen LogP contribution in [0.15, 0.2) is 36.4 Å². The molecule has 136 valence electrons. The summed E-state index contributed by atoms with van der Waals surface area (Å²) >= 11 is 0. The number of aromatic nitrogens is 6. The van der Waals surface area contributed by atoms with Crippen LogP contribution in [0, 0.1) is 0 Å². The molecule has 2 N–H and O–H groups in total. The van der Waals surface area contributed by atoms with Crippen LogP contribution in [0.4, 0.5) is 0 Å². The number of hydrogen-bond donors (Lipinski definition) is 2. The molecule has 2 aromatic heterocycles. The van der Waals surface area contributed by atoms with Crippen molar-refractivity contribution in [3.63, 3.8) is 0 Å². The highest BCUT2D eigenvalue weighted by atomic mass is 16.3. The van der Waals surface area contributed by atoms with E-state index in [4.69, 9.17) is 0 Å². The third-order valence-electron chi connectivity index (χ3n) is 4.28. The number of H-pyrrole nitrogens is 1. The quantitative estimate of drug-likeness (QED) is 0.627. The Hall–Kier alpha value is -3.55. The van der Waals surface area contributed by atoms with E-state index in [0.29, 0.717) is 16.7 Å². The van der Waals surface area contributed by atoms with E-state index < -0.39 is 0 Å². The number of nitrogens with zero attached hydrogens (tertiary/aromatic N) is 5. The topological polar surface area (TPSA) is 109 Å². The molecule has 0 fully saturated rings. The molecule has 2 heterocycles. The van der Waals surface area contributed by atoms with Gasteiger partial charge >= 0.3 is 0 Å². The zero-order valence-corrected chi connectivity index (χ0v) is 15.1. The van der Waals surface area contributed by atoms with Gasteiger partial charge in [0.15, 0.2) is 5.78 Å². The van der Waals surface area contributed by atoms with E-state index in [1.165, 1.54) is 12.1 Å². The minimum Gasteiger partial charge on any atom is -0.493 e. The van der Waals surface area contributed by atoms with Crippen molar-refractivity contribution in [2.24, 2.45) is 0 Å². The summed E-state index contributed by atoms with van der Waals surface area (Å²) in [6, 6.07) is 9.04. The van der Waals surface area contributed by atoms with Gasteiger partial charge in [-0.15, -0.1) is 4.52 Å². The second-order valence-electron chi connectivity index (χ2n) is 7.30. The Kier molecular flexibility index (Phi) is 3.76. The molecule has 0 radical (unpaired) electrons. The SMILES string of the molecule is CC(C)(C)c1nc2nnnn2c(O)c/c(=C2/C(=O)C=Cc3ccccc32)[nH]1. The van der Waals surface area contributed by atoms with Crippen LogP contribution in [0.3, 0.4) is 0 Å². The molecule has 3 aromatic rings. The van der Waals surface area contributed by atoms with Gasteiger partial charge in [0.2, 0.25) is 5.88 Å². The van der Waals surface area contributed by atoms with E-state index in [9.17, 15) is 9.90 Å². The molecular formula is C19H18N6O2.